The van der Waals surface area contributed by atoms with Crippen molar-refractivity contribution >= 4 is 17.8 Å². The first-order valence-corrected chi connectivity index (χ1v) is 8.83. The molecule has 0 aliphatic carbocycles. The Hall–Kier alpha value is -3.02. The van der Waals surface area contributed by atoms with Crippen LogP contribution in [-0.4, -0.2) is 30.8 Å². The van der Waals surface area contributed by atoms with Gasteiger partial charge in [-0.25, -0.2) is 4.98 Å². The number of carbonyl (C=O) groups excluding carboxylic acids is 1. The van der Waals surface area contributed by atoms with Gasteiger partial charge in [0, 0.05) is 31.9 Å². The number of anilines is 1. The van der Waals surface area contributed by atoms with Gasteiger partial charge in [0.05, 0.1) is 0 Å². The third-order valence-corrected chi connectivity index (χ3v) is 4.53. The van der Waals surface area contributed by atoms with Gasteiger partial charge in [0.15, 0.2) is 11.5 Å². The van der Waals surface area contributed by atoms with Gasteiger partial charge >= 0.3 is 0 Å². The molecule has 0 spiro atoms. The highest BCUT2D eigenvalue weighted by Gasteiger charge is 2.14. The maximum atomic E-state index is 12.1. The summed E-state index contributed by atoms with van der Waals surface area (Å²) in [6, 6.07) is 9.57. The second kappa shape index (κ2) is 7.47. The second-order valence-electron chi connectivity index (χ2n) is 6.38. The average molecular weight is 351 g/mol. The van der Waals surface area contributed by atoms with Crippen LogP contribution < -0.4 is 19.7 Å². The maximum absolute atomic E-state index is 12.1. The van der Waals surface area contributed by atoms with Crippen molar-refractivity contribution in [3.8, 4) is 11.5 Å². The number of hydrogen-bond donors (Lipinski definition) is 1. The van der Waals surface area contributed by atoms with Crippen molar-refractivity contribution in [1.82, 2.24) is 10.3 Å². The van der Waals surface area contributed by atoms with Crippen LogP contribution in [-0.2, 0) is 11.3 Å². The average Bonchev–Trinajstić information content (AvgIpc) is 3.36. The zero-order valence-electron chi connectivity index (χ0n) is 14.5. The lowest BCUT2D eigenvalue weighted by molar-refractivity contribution is -0.116. The van der Waals surface area contributed by atoms with Crippen LogP contribution in [0.25, 0.3) is 6.08 Å². The summed E-state index contributed by atoms with van der Waals surface area (Å²) < 4.78 is 10.6. The fourth-order valence-electron chi connectivity index (χ4n) is 3.13. The first-order chi connectivity index (χ1) is 12.8. The van der Waals surface area contributed by atoms with E-state index in [1.165, 1.54) is 18.9 Å². The summed E-state index contributed by atoms with van der Waals surface area (Å²) in [7, 11) is 0. The Kier molecular flexibility index (Phi) is 4.73. The molecule has 6 nitrogen and oxygen atoms in total. The molecule has 1 amide bonds. The van der Waals surface area contributed by atoms with E-state index in [0.29, 0.717) is 12.3 Å². The zero-order valence-corrected chi connectivity index (χ0v) is 14.5. The molecular formula is C20H21N3O3. The first-order valence-electron chi connectivity index (χ1n) is 8.83. The van der Waals surface area contributed by atoms with Gasteiger partial charge in [-0.1, -0.05) is 6.07 Å². The van der Waals surface area contributed by atoms with Gasteiger partial charge in [0.2, 0.25) is 12.7 Å². The van der Waals surface area contributed by atoms with E-state index in [9.17, 15) is 4.79 Å². The molecule has 2 aromatic rings. The summed E-state index contributed by atoms with van der Waals surface area (Å²) in [6.45, 7) is 2.84. The van der Waals surface area contributed by atoms with E-state index in [0.717, 1.165) is 35.8 Å². The summed E-state index contributed by atoms with van der Waals surface area (Å²) in [4.78, 5) is 18.8. The molecule has 1 aromatic carbocycles. The standard InChI is InChI=1S/C20H21N3O3/c24-20(6-4-15-3-5-17-18(11-15)26-14-25-17)22-13-16-7-8-21-19(12-16)23-9-1-2-10-23/h3-8,11-12H,1-2,9-10,13-14H2,(H,22,24)/b6-4+. The lowest BCUT2D eigenvalue weighted by Crippen LogP contribution is -2.22. The number of benzene rings is 1. The Balaban J connectivity index is 1.33. The number of hydrogen-bond acceptors (Lipinski definition) is 5. The van der Waals surface area contributed by atoms with Gasteiger partial charge in [0.1, 0.15) is 5.82 Å². The van der Waals surface area contributed by atoms with E-state index in [1.54, 1.807) is 12.3 Å². The van der Waals surface area contributed by atoms with Crippen LogP contribution in [0.5, 0.6) is 11.5 Å². The molecule has 26 heavy (non-hydrogen) atoms. The van der Waals surface area contributed by atoms with Gasteiger partial charge in [-0.15, -0.1) is 0 Å². The minimum atomic E-state index is -0.137. The van der Waals surface area contributed by atoms with E-state index < -0.39 is 0 Å². The van der Waals surface area contributed by atoms with Gasteiger partial charge in [-0.3, -0.25) is 4.79 Å². The number of ether oxygens (including phenoxy) is 2. The molecule has 6 heteroatoms. The lowest BCUT2D eigenvalue weighted by atomic mass is 10.2. The summed E-state index contributed by atoms with van der Waals surface area (Å²) in [5.41, 5.74) is 1.94. The minimum Gasteiger partial charge on any atom is -0.454 e. The molecule has 2 aliphatic rings. The van der Waals surface area contributed by atoms with Crippen molar-refractivity contribution in [2.45, 2.75) is 19.4 Å². The monoisotopic (exact) mass is 351 g/mol. The van der Waals surface area contributed by atoms with E-state index in [1.807, 2.05) is 30.3 Å². The molecule has 1 aromatic heterocycles. The highest BCUT2D eigenvalue weighted by Crippen LogP contribution is 2.32. The molecule has 0 unspecified atom stereocenters. The first kappa shape index (κ1) is 16.4. The fourth-order valence-corrected chi connectivity index (χ4v) is 3.13. The molecule has 0 saturated carbocycles. The number of rotatable bonds is 5. The predicted molar refractivity (Wildman–Crippen MR) is 99.1 cm³/mol. The smallest absolute Gasteiger partial charge is 0.244 e. The van der Waals surface area contributed by atoms with Crippen LogP contribution in [0.2, 0.25) is 0 Å². The van der Waals surface area contributed by atoms with Crippen LogP contribution in [0.3, 0.4) is 0 Å². The number of fused-ring (bicyclic) bond motifs is 1. The van der Waals surface area contributed by atoms with Gasteiger partial charge in [-0.05, 0) is 54.3 Å². The van der Waals surface area contributed by atoms with Crippen molar-refractivity contribution in [3.05, 3.63) is 53.7 Å². The normalized spacial score (nSPS) is 15.6. The number of pyridine rings is 1. The number of amides is 1. The van der Waals surface area contributed by atoms with Crippen molar-refractivity contribution in [3.63, 3.8) is 0 Å². The Labute approximate surface area is 152 Å². The minimum absolute atomic E-state index is 0.137. The summed E-state index contributed by atoms with van der Waals surface area (Å²) in [5, 5.41) is 2.91. The SMILES string of the molecule is O=C(/C=C/c1ccc2c(c1)OCO2)NCc1ccnc(N2CCCC2)c1. The van der Waals surface area contributed by atoms with Crippen LogP contribution in [0.1, 0.15) is 24.0 Å². The highest BCUT2D eigenvalue weighted by molar-refractivity contribution is 5.91. The van der Waals surface area contributed by atoms with Crippen LogP contribution >= 0.6 is 0 Å². The molecule has 4 rings (SSSR count). The van der Waals surface area contributed by atoms with Crippen molar-refractivity contribution in [2.75, 3.05) is 24.8 Å². The molecule has 0 bridgehead atoms. The Morgan fingerprint density at radius 2 is 2.00 bits per heavy atom. The Morgan fingerprint density at radius 1 is 1.15 bits per heavy atom. The van der Waals surface area contributed by atoms with Gasteiger partial charge < -0.3 is 19.7 Å². The van der Waals surface area contributed by atoms with E-state index in [-0.39, 0.29) is 12.7 Å². The number of nitrogens with one attached hydrogen (secondary N) is 1. The van der Waals surface area contributed by atoms with Crippen molar-refractivity contribution < 1.29 is 14.3 Å². The van der Waals surface area contributed by atoms with Gasteiger partial charge in [0.25, 0.3) is 0 Å². The summed E-state index contributed by atoms with van der Waals surface area (Å²) >= 11 is 0. The molecule has 0 radical (unpaired) electrons. The Morgan fingerprint density at radius 3 is 2.88 bits per heavy atom. The maximum Gasteiger partial charge on any atom is 0.244 e. The van der Waals surface area contributed by atoms with E-state index in [4.69, 9.17) is 9.47 Å². The second-order valence-corrected chi connectivity index (χ2v) is 6.38. The topological polar surface area (TPSA) is 63.7 Å². The molecular weight excluding hydrogens is 330 g/mol. The lowest BCUT2D eigenvalue weighted by Gasteiger charge is -2.16. The van der Waals surface area contributed by atoms with Crippen molar-refractivity contribution in [2.24, 2.45) is 0 Å². The van der Waals surface area contributed by atoms with E-state index in [2.05, 4.69) is 15.2 Å². The van der Waals surface area contributed by atoms with Crippen LogP contribution in [0.15, 0.2) is 42.6 Å². The van der Waals surface area contributed by atoms with Crippen LogP contribution in [0.4, 0.5) is 5.82 Å². The number of aromatic nitrogens is 1. The predicted octanol–water partition coefficient (Wildman–Crippen LogP) is 2.74. The van der Waals surface area contributed by atoms with Crippen molar-refractivity contribution in [1.29, 1.82) is 0 Å². The quantitative estimate of drug-likeness (QED) is 0.839. The molecule has 2 aliphatic heterocycles. The molecule has 1 fully saturated rings. The zero-order chi connectivity index (χ0) is 17.8. The third-order valence-electron chi connectivity index (χ3n) is 4.53. The highest BCUT2D eigenvalue weighted by atomic mass is 16.7. The number of carbonyl (C=O) groups is 1. The summed E-state index contributed by atoms with van der Waals surface area (Å²) in [6.07, 6.45) is 7.53. The Bertz CT molecular complexity index is 829. The van der Waals surface area contributed by atoms with Crippen LogP contribution in [0, 0.1) is 0 Å². The van der Waals surface area contributed by atoms with E-state index >= 15 is 0 Å². The summed E-state index contributed by atoms with van der Waals surface area (Å²) in [5.74, 6) is 2.30. The number of nitrogens with zero attached hydrogens (tertiary/aromatic N) is 2. The van der Waals surface area contributed by atoms with Gasteiger partial charge in [-0.2, -0.15) is 0 Å². The largest absolute Gasteiger partial charge is 0.454 e. The fraction of sp³-hybridized carbons (Fsp3) is 0.300. The molecule has 1 saturated heterocycles. The molecule has 134 valence electrons. The molecule has 1 N–H and O–H groups in total. The molecule has 0 atom stereocenters. The third kappa shape index (κ3) is 3.79. The molecule has 3 heterocycles.